The molecule has 1 aromatic heterocycles. The highest BCUT2D eigenvalue weighted by atomic mass is 16.1. The van der Waals surface area contributed by atoms with Crippen LogP contribution in [0.4, 0.5) is 11.4 Å². The van der Waals surface area contributed by atoms with E-state index < -0.39 is 0 Å². The summed E-state index contributed by atoms with van der Waals surface area (Å²) in [6, 6.07) is 15.6. The lowest BCUT2D eigenvalue weighted by Crippen LogP contribution is -2.05. The molecule has 0 atom stereocenters. The molecule has 0 fully saturated rings. The largest absolute Gasteiger partial charge is 0.399 e. The van der Waals surface area contributed by atoms with Crippen molar-refractivity contribution in [2.75, 3.05) is 11.1 Å². The topological polar surface area (TPSA) is 70.9 Å². The van der Waals surface area contributed by atoms with E-state index in [4.69, 9.17) is 5.73 Å². The number of fused-ring (bicyclic) bond motifs is 1. The summed E-state index contributed by atoms with van der Waals surface area (Å²) >= 11 is 0. The van der Waals surface area contributed by atoms with Gasteiger partial charge in [0.2, 0.25) is 5.91 Å². The number of carbonyl (C=O) groups excluding carboxylic acids is 1. The van der Waals surface area contributed by atoms with Crippen LogP contribution in [0.1, 0.15) is 6.92 Å². The van der Waals surface area contributed by atoms with Crippen molar-refractivity contribution >= 4 is 28.2 Å². The van der Waals surface area contributed by atoms with Crippen LogP contribution in [0.25, 0.3) is 22.2 Å². The molecule has 0 saturated heterocycles. The zero-order valence-electron chi connectivity index (χ0n) is 11.1. The molecule has 1 amide bonds. The van der Waals surface area contributed by atoms with Crippen LogP contribution in [0, 0.1) is 0 Å². The second-order valence-electron chi connectivity index (χ2n) is 4.79. The van der Waals surface area contributed by atoms with E-state index in [0.29, 0.717) is 0 Å². The number of rotatable bonds is 2. The maximum absolute atomic E-state index is 11.0. The average molecular weight is 265 g/mol. The smallest absolute Gasteiger partial charge is 0.221 e. The standard InChI is InChI=1S/C16H15N3O/c1-10(20)18-14-6-3-11(4-7-14)15-8-12-2-5-13(17)9-16(12)19-15/h2-9,19H,17H2,1H3,(H,18,20). The molecule has 0 unspecified atom stereocenters. The molecular weight excluding hydrogens is 250 g/mol. The van der Waals surface area contributed by atoms with Crippen molar-refractivity contribution in [3.8, 4) is 11.3 Å². The molecular formula is C16H15N3O. The molecule has 0 aliphatic rings. The highest BCUT2D eigenvalue weighted by molar-refractivity contribution is 5.90. The van der Waals surface area contributed by atoms with Gasteiger partial charge in [-0.15, -0.1) is 0 Å². The molecule has 20 heavy (non-hydrogen) atoms. The quantitative estimate of drug-likeness (QED) is 0.622. The molecule has 4 nitrogen and oxygen atoms in total. The molecule has 0 radical (unpaired) electrons. The summed E-state index contributed by atoms with van der Waals surface area (Å²) in [5, 5.41) is 3.88. The molecule has 0 aliphatic carbocycles. The number of nitrogens with one attached hydrogen (secondary N) is 2. The Kier molecular flexibility index (Phi) is 2.91. The molecule has 0 saturated carbocycles. The first-order valence-corrected chi connectivity index (χ1v) is 6.38. The third kappa shape index (κ3) is 2.36. The van der Waals surface area contributed by atoms with Gasteiger partial charge < -0.3 is 16.0 Å². The van der Waals surface area contributed by atoms with E-state index in [1.165, 1.54) is 6.92 Å². The molecule has 2 aromatic carbocycles. The Morgan fingerprint density at radius 2 is 1.85 bits per heavy atom. The minimum Gasteiger partial charge on any atom is -0.399 e. The molecule has 3 aromatic rings. The summed E-state index contributed by atoms with van der Waals surface area (Å²) in [4.78, 5) is 14.3. The number of H-pyrrole nitrogens is 1. The van der Waals surface area contributed by atoms with E-state index in [2.05, 4.69) is 16.4 Å². The van der Waals surface area contributed by atoms with Crippen molar-refractivity contribution < 1.29 is 4.79 Å². The van der Waals surface area contributed by atoms with Crippen LogP contribution in [0.3, 0.4) is 0 Å². The number of hydrogen-bond donors (Lipinski definition) is 3. The summed E-state index contributed by atoms with van der Waals surface area (Å²) in [7, 11) is 0. The van der Waals surface area contributed by atoms with Crippen LogP contribution in [0.5, 0.6) is 0 Å². The van der Waals surface area contributed by atoms with Gasteiger partial charge in [0, 0.05) is 34.9 Å². The maximum atomic E-state index is 11.0. The predicted octanol–water partition coefficient (Wildman–Crippen LogP) is 3.38. The Balaban J connectivity index is 1.96. The number of nitrogens with two attached hydrogens (primary N) is 1. The lowest BCUT2D eigenvalue weighted by atomic mass is 10.1. The van der Waals surface area contributed by atoms with Gasteiger partial charge in [0.1, 0.15) is 0 Å². The second-order valence-corrected chi connectivity index (χ2v) is 4.79. The van der Waals surface area contributed by atoms with Gasteiger partial charge in [0.15, 0.2) is 0 Å². The van der Waals surface area contributed by atoms with E-state index in [0.717, 1.165) is 33.5 Å². The van der Waals surface area contributed by atoms with Gasteiger partial charge in [-0.25, -0.2) is 0 Å². The number of aromatic nitrogens is 1. The van der Waals surface area contributed by atoms with Crippen molar-refractivity contribution in [1.82, 2.24) is 4.98 Å². The average Bonchev–Trinajstić information content (AvgIpc) is 2.81. The van der Waals surface area contributed by atoms with Gasteiger partial charge in [-0.05, 0) is 35.9 Å². The summed E-state index contributed by atoms with van der Waals surface area (Å²) in [6.07, 6.45) is 0. The fraction of sp³-hybridized carbons (Fsp3) is 0.0625. The lowest BCUT2D eigenvalue weighted by molar-refractivity contribution is -0.114. The zero-order chi connectivity index (χ0) is 14.1. The number of amides is 1. The fourth-order valence-electron chi connectivity index (χ4n) is 2.24. The number of hydrogen-bond acceptors (Lipinski definition) is 2. The Hall–Kier alpha value is -2.75. The van der Waals surface area contributed by atoms with Crippen molar-refractivity contribution in [3.05, 3.63) is 48.5 Å². The minimum absolute atomic E-state index is 0.0705. The van der Waals surface area contributed by atoms with Crippen LogP contribution < -0.4 is 11.1 Å². The number of anilines is 2. The molecule has 4 heteroatoms. The van der Waals surface area contributed by atoms with Crippen molar-refractivity contribution in [2.45, 2.75) is 6.92 Å². The van der Waals surface area contributed by atoms with Crippen LogP contribution in [-0.4, -0.2) is 10.9 Å². The Morgan fingerprint density at radius 3 is 2.55 bits per heavy atom. The summed E-state index contributed by atoms with van der Waals surface area (Å²) in [5.41, 5.74) is 10.4. The third-order valence-electron chi connectivity index (χ3n) is 3.16. The van der Waals surface area contributed by atoms with Gasteiger partial charge in [0.25, 0.3) is 0 Å². The summed E-state index contributed by atoms with van der Waals surface area (Å²) in [5.74, 6) is -0.0705. The number of aromatic amines is 1. The normalized spacial score (nSPS) is 10.7. The van der Waals surface area contributed by atoms with E-state index >= 15 is 0 Å². The van der Waals surface area contributed by atoms with Crippen molar-refractivity contribution in [3.63, 3.8) is 0 Å². The SMILES string of the molecule is CC(=O)Nc1ccc(-c2cc3ccc(N)cc3[nH]2)cc1. The van der Waals surface area contributed by atoms with E-state index in [1.54, 1.807) is 0 Å². The van der Waals surface area contributed by atoms with Gasteiger partial charge in [-0.3, -0.25) is 4.79 Å². The molecule has 1 heterocycles. The van der Waals surface area contributed by atoms with Gasteiger partial charge in [-0.2, -0.15) is 0 Å². The molecule has 4 N–H and O–H groups in total. The predicted molar refractivity (Wildman–Crippen MR) is 82.5 cm³/mol. The van der Waals surface area contributed by atoms with Crippen LogP contribution in [0.15, 0.2) is 48.5 Å². The Bertz CT molecular complexity index is 772. The summed E-state index contributed by atoms with van der Waals surface area (Å²) < 4.78 is 0. The number of benzene rings is 2. The Morgan fingerprint density at radius 1 is 1.10 bits per heavy atom. The number of nitrogen functional groups attached to an aromatic ring is 1. The van der Waals surface area contributed by atoms with Crippen molar-refractivity contribution in [2.24, 2.45) is 0 Å². The van der Waals surface area contributed by atoms with Gasteiger partial charge in [0.05, 0.1) is 0 Å². The van der Waals surface area contributed by atoms with Crippen LogP contribution in [0.2, 0.25) is 0 Å². The molecule has 100 valence electrons. The number of carbonyl (C=O) groups is 1. The molecule has 3 rings (SSSR count). The monoisotopic (exact) mass is 265 g/mol. The first-order valence-electron chi connectivity index (χ1n) is 6.38. The van der Waals surface area contributed by atoms with Crippen molar-refractivity contribution in [1.29, 1.82) is 0 Å². The van der Waals surface area contributed by atoms with Crippen LogP contribution in [-0.2, 0) is 4.79 Å². The second kappa shape index (κ2) is 4.74. The van der Waals surface area contributed by atoms with Gasteiger partial charge in [-0.1, -0.05) is 18.2 Å². The third-order valence-corrected chi connectivity index (χ3v) is 3.16. The zero-order valence-corrected chi connectivity index (χ0v) is 11.1. The fourth-order valence-corrected chi connectivity index (χ4v) is 2.24. The summed E-state index contributed by atoms with van der Waals surface area (Å²) in [6.45, 7) is 1.50. The lowest BCUT2D eigenvalue weighted by Gasteiger charge is -2.03. The van der Waals surface area contributed by atoms with E-state index in [1.807, 2.05) is 42.5 Å². The highest BCUT2D eigenvalue weighted by Crippen LogP contribution is 2.26. The molecule has 0 spiro atoms. The maximum Gasteiger partial charge on any atom is 0.221 e. The van der Waals surface area contributed by atoms with E-state index in [-0.39, 0.29) is 5.91 Å². The molecule has 0 bridgehead atoms. The first-order chi connectivity index (χ1) is 9.61. The Labute approximate surface area is 116 Å². The van der Waals surface area contributed by atoms with Gasteiger partial charge >= 0.3 is 0 Å². The first kappa shape index (κ1) is 12.3. The van der Waals surface area contributed by atoms with Crippen LogP contribution >= 0.6 is 0 Å². The van der Waals surface area contributed by atoms with E-state index in [9.17, 15) is 4.79 Å². The minimum atomic E-state index is -0.0705. The highest BCUT2D eigenvalue weighted by Gasteiger charge is 2.04. The molecule has 0 aliphatic heterocycles.